The monoisotopic (exact) mass is 355 g/mol. The van der Waals surface area contributed by atoms with E-state index in [9.17, 15) is 8.42 Å². The molecule has 0 fully saturated rings. The fourth-order valence-corrected chi connectivity index (χ4v) is 2.67. The first kappa shape index (κ1) is 14.8. The fraction of sp³-hybridized carbons (Fsp3) is 0.0769. The second-order valence-electron chi connectivity index (χ2n) is 4.42. The van der Waals surface area contributed by atoms with E-state index >= 15 is 0 Å². The number of nitrogens with one attached hydrogen (secondary N) is 1. The largest absolute Gasteiger partial charge is 0.399 e. The summed E-state index contributed by atoms with van der Waals surface area (Å²) in [5.41, 5.74) is 8.50. The third kappa shape index (κ3) is 3.50. The van der Waals surface area contributed by atoms with Crippen molar-refractivity contribution in [3.05, 3.63) is 46.4 Å². The number of anilines is 3. The van der Waals surface area contributed by atoms with Gasteiger partial charge in [-0.2, -0.15) is 0 Å². The quantitative estimate of drug-likeness (QED) is 0.737. The van der Waals surface area contributed by atoms with Gasteiger partial charge in [-0.15, -0.1) is 0 Å². The molecule has 0 aromatic heterocycles. The van der Waals surface area contributed by atoms with E-state index in [0.717, 1.165) is 15.7 Å². The third-order valence-corrected chi connectivity index (χ3v) is 4.47. The minimum absolute atomic E-state index is 0.0221. The molecule has 0 spiro atoms. The summed E-state index contributed by atoms with van der Waals surface area (Å²) in [5, 5.41) is 8.21. The normalized spacial score (nSPS) is 11.3. The van der Waals surface area contributed by atoms with E-state index in [1.54, 1.807) is 6.07 Å². The highest BCUT2D eigenvalue weighted by atomic mass is 79.9. The van der Waals surface area contributed by atoms with Gasteiger partial charge < -0.3 is 11.1 Å². The van der Waals surface area contributed by atoms with Crippen LogP contribution in [0.5, 0.6) is 0 Å². The summed E-state index contributed by atoms with van der Waals surface area (Å²) in [6.45, 7) is 1.98. The number of rotatable bonds is 3. The smallest absolute Gasteiger partial charge is 0.238 e. The first-order valence-corrected chi connectivity index (χ1v) is 8.06. The topological polar surface area (TPSA) is 98.2 Å². The Labute approximate surface area is 126 Å². The maximum atomic E-state index is 11.4. The minimum atomic E-state index is -3.78. The second kappa shape index (κ2) is 5.43. The molecule has 2 aromatic carbocycles. The van der Waals surface area contributed by atoms with Crippen molar-refractivity contribution in [3.63, 3.8) is 0 Å². The van der Waals surface area contributed by atoms with E-state index in [1.165, 1.54) is 12.1 Å². The Hall–Kier alpha value is -1.57. The number of benzene rings is 2. The van der Waals surface area contributed by atoms with E-state index in [0.29, 0.717) is 11.4 Å². The summed E-state index contributed by atoms with van der Waals surface area (Å²) < 4.78 is 23.7. The summed E-state index contributed by atoms with van der Waals surface area (Å²) >= 11 is 3.44. The van der Waals surface area contributed by atoms with Gasteiger partial charge in [0, 0.05) is 21.5 Å². The Kier molecular flexibility index (Phi) is 4.03. The summed E-state index contributed by atoms with van der Waals surface area (Å²) in [7, 11) is -3.78. The van der Waals surface area contributed by atoms with Crippen molar-refractivity contribution in [1.82, 2.24) is 0 Å². The molecule has 5 nitrogen and oxygen atoms in total. The number of aryl methyl sites for hydroxylation is 1. The van der Waals surface area contributed by atoms with Gasteiger partial charge in [0.25, 0.3) is 0 Å². The van der Waals surface area contributed by atoms with E-state index in [-0.39, 0.29) is 4.90 Å². The van der Waals surface area contributed by atoms with Crippen LogP contribution in [0, 0.1) is 6.92 Å². The van der Waals surface area contributed by atoms with Gasteiger partial charge in [-0.3, -0.25) is 0 Å². The van der Waals surface area contributed by atoms with Gasteiger partial charge in [-0.05, 0) is 42.8 Å². The van der Waals surface area contributed by atoms with Crippen molar-refractivity contribution in [2.45, 2.75) is 11.8 Å². The Balaban J connectivity index is 2.38. The predicted molar refractivity (Wildman–Crippen MR) is 84.4 cm³/mol. The van der Waals surface area contributed by atoms with Crippen LogP contribution in [0.4, 0.5) is 17.1 Å². The zero-order chi connectivity index (χ0) is 14.9. The van der Waals surface area contributed by atoms with Crippen LogP contribution in [0.25, 0.3) is 0 Å². The van der Waals surface area contributed by atoms with Crippen LogP contribution in [0.15, 0.2) is 45.8 Å². The van der Waals surface area contributed by atoms with Crippen LogP contribution in [0.1, 0.15) is 5.56 Å². The molecule has 2 rings (SSSR count). The first-order chi connectivity index (χ1) is 9.25. The molecule has 5 N–H and O–H groups in total. The molecule has 0 aliphatic carbocycles. The van der Waals surface area contributed by atoms with Crippen molar-refractivity contribution in [2.24, 2.45) is 5.14 Å². The molecular formula is C13H14BrN3O2S. The highest BCUT2D eigenvalue weighted by molar-refractivity contribution is 9.10. The van der Waals surface area contributed by atoms with Gasteiger partial charge in [0.15, 0.2) is 0 Å². The SMILES string of the molecule is Cc1ccc(Nc2cc(N)cc(S(N)(=O)=O)c2)cc1Br. The van der Waals surface area contributed by atoms with Crippen LogP contribution in [0.2, 0.25) is 0 Å². The lowest BCUT2D eigenvalue weighted by atomic mass is 10.2. The van der Waals surface area contributed by atoms with Gasteiger partial charge in [-0.1, -0.05) is 22.0 Å². The van der Waals surface area contributed by atoms with Crippen LogP contribution >= 0.6 is 15.9 Å². The lowest BCUT2D eigenvalue weighted by Gasteiger charge is -2.10. The number of hydrogen-bond acceptors (Lipinski definition) is 4. The van der Waals surface area contributed by atoms with Crippen molar-refractivity contribution in [2.75, 3.05) is 11.1 Å². The molecule has 20 heavy (non-hydrogen) atoms. The summed E-state index contributed by atoms with van der Waals surface area (Å²) in [6, 6.07) is 10.1. The maximum Gasteiger partial charge on any atom is 0.238 e. The Morgan fingerprint density at radius 3 is 2.40 bits per heavy atom. The summed E-state index contributed by atoms with van der Waals surface area (Å²) in [4.78, 5) is -0.0221. The zero-order valence-electron chi connectivity index (χ0n) is 10.7. The lowest BCUT2D eigenvalue weighted by Crippen LogP contribution is -2.12. The van der Waals surface area contributed by atoms with E-state index < -0.39 is 10.0 Å². The number of nitrogen functional groups attached to an aromatic ring is 1. The Morgan fingerprint density at radius 1 is 1.10 bits per heavy atom. The van der Waals surface area contributed by atoms with Crippen molar-refractivity contribution in [3.8, 4) is 0 Å². The number of hydrogen-bond donors (Lipinski definition) is 3. The van der Waals surface area contributed by atoms with Gasteiger partial charge in [0.1, 0.15) is 0 Å². The minimum Gasteiger partial charge on any atom is -0.399 e. The Bertz CT molecular complexity index is 760. The molecule has 0 bridgehead atoms. The van der Waals surface area contributed by atoms with E-state index in [4.69, 9.17) is 10.9 Å². The van der Waals surface area contributed by atoms with Gasteiger partial charge in [0.2, 0.25) is 10.0 Å². The molecule has 0 aliphatic heterocycles. The first-order valence-electron chi connectivity index (χ1n) is 5.72. The number of primary sulfonamides is 1. The molecule has 0 heterocycles. The lowest BCUT2D eigenvalue weighted by molar-refractivity contribution is 0.598. The van der Waals surface area contributed by atoms with Crippen molar-refractivity contribution < 1.29 is 8.42 Å². The summed E-state index contributed by atoms with van der Waals surface area (Å²) in [5.74, 6) is 0. The summed E-state index contributed by atoms with van der Waals surface area (Å²) in [6.07, 6.45) is 0. The molecule has 0 unspecified atom stereocenters. The second-order valence-corrected chi connectivity index (χ2v) is 6.84. The molecule has 2 aromatic rings. The molecule has 0 amide bonds. The van der Waals surface area contributed by atoms with Gasteiger partial charge >= 0.3 is 0 Å². The molecular weight excluding hydrogens is 342 g/mol. The average Bonchev–Trinajstić information content (AvgIpc) is 2.32. The van der Waals surface area contributed by atoms with E-state index in [2.05, 4.69) is 21.2 Å². The maximum absolute atomic E-state index is 11.4. The van der Waals surface area contributed by atoms with Crippen molar-refractivity contribution in [1.29, 1.82) is 0 Å². The molecule has 0 radical (unpaired) electrons. The fourth-order valence-electron chi connectivity index (χ4n) is 1.70. The zero-order valence-corrected chi connectivity index (χ0v) is 13.1. The number of halogens is 1. The Morgan fingerprint density at radius 2 is 1.80 bits per heavy atom. The average molecular weight is 356 g/mol. The van der Waals surface area contributed by atoms with Crippen LogP contribution in [0.3, 0.4) is 0 Å². The highest BCUT2D eigenvalue weighted by Crippen LogP contribution is 2.26. The highest BCUT2D eigenvalue weighted by Gasteiger charge is 2.10. The molecule has 0 saturated heterocycles. The van der Waals surface area contributed by atoms with Gasteiger partial charge in [-0.25, -0.2) is 13.6 Å². The van der Waals surface area contributed by atoms with Crippen LogP contribution in [-0.2, 0) is 10.0 Å². The number of nitrogens with two attached hydrogens (primary N) is 2. The van der Waals surface area contributed by atoms with Crippen LogP contribution < -0.4 is 16.2 Å². The third-order valence-electron chi connectivity index (χ3n) is 2.72. The predicted octanol–water partition coefficient (Wildman–Crippen LogP) is 2.73. The molecule has 7 heteroatoms. The standard InChI is InChI=1S/C13H14BrN3O2S/c1-8-2-3-10(7-13(8)14)17-11-4-9(15)5-12(6-11)20(16,18)19/h2-7,17H,15H2,1H3,(H2,16,18,19). The number of sulfonamides is 1. The molecule has 0 atom stereocenters. The van der Waals surface area contributed by atoms with Crippen molar-refractivity contribution >= 4 is 43.0 Å². The molecule has 106 valence electrons. The molecule has 0 aliphatic rings. The van der Waals surface area contributed by atoms with Gasteiger partial charge in [0.05, 0.1) is 4.90 Å². The van der Waals surface area contributed by atoms with E-state index in [1.807, 2.05) is 25.1 Å². The molecule has 0 saturated carbocycles. The van der Waals surface area contributed by atoms with Crippen LogP contribution in [-0.4, -0.2) is 8.42 Å².